The van der Waals surface area contributed by atoms with Crippen LogP contribution in [0.4, 0.5) is 5.69 Å². The number of aryl methyl sites for hydroxylation is 1. The van der Waals surface area contributed by atoms with Crippen LogP contribution in [0, 0.1) is 11.8 Å². The van der Waals surface area contributed by atoms with Gasteiger partial charge in [-0.05, 0) is 24.3 Å². The summed E-state index contributed by atoms with van der Waals surface area (Å²) in [6.07, 6.45) is 2.04. The fourth-order valence-corrected chi connectivity index (χ4v) is 1.66. The highest BCUT2D eigenvalue weighted by Crippen LogP contribution is 2.19. The summed E-state index contributed by atoms with van der Waals surface area (Å²) in [4.78, 5) is 0. The molecular weight excluding hydrogens is 200 g/mol. The van der Waals surface area contributed by atoms with Gasteiger partial charge in [-0.15, -0.1) is 0 Å². The zero-order valence-electron chi connectivity index (χ0n) is 9.20. The molecule has 1 aromatic carbocycles. The topological polar surface area (TPSA) is 37.2 Å². The highest BCUT2D eigenvalue weighted by Gasteiger charge is 1.98. The first-order valence-electron chi connectivity index (χ1n) is 5.17. The fourth-order valence-electron chi connectivity index (χ4n) is 1.66. The van der Waals surface area contributed by atoms with E-state index in [1.54, 1.807) is 0 Å². The lowest BCUT2D eigenvalue weighted by molar-refractivity contribution is 0.350. The maximum atomic E-state index is 8.50. The first-order valence-corrected chi connectivity index (χ1v) is 5.17. The highest BCUT2D eigenvalue weighted by molar-refractivity contribution is 5.83. The molecule has 1 heterocycles. The molecule has 0 saturated heterocycles. The van der Waals surface area contributed by atoms with E-state index in [9.17, 15) is 0 Å². The SMILES string of the molecule is Cn1ccc2cc(NCC#CCO)ccc21. The van der Waals surface area contributed by atoms with E-state index in [-0.39, 0.29) is 6.61 Å². The summed E-state index contributed by atoms with van der Waals surface area (Å²) in [5.74, 6) is 5.42. The summed E-state index contributed by atoms with van der Waals surface area (Å²) in [7, 11) is 2.03. The van der Waals surface area contributed by atoms with E-state index < -0.39 is 0 Å². The van der Waals surface area contributed by atoms with E-state index >= 15 is 0 Å². The van der Waals surface area contributed by atoms with Crippen LogP contribution in [-0.4, -0.2) is 22.8 Å². The van der Waals surface area contributed by atoms with Gasteiger partial charge in [0.15, 0.2) is 0 Å². The molecule has 2 aromatic rings. The molecule has 0 bridgehead atoms. The molecule has 3 nitrogen and oxygen atoms in total. The third-order valence-electron chi connectivity index (χ3n) is 2.47. The summed E-state index contributed by atoms with van der Waals surface area (Å²) >= 11 is 0. The molecule has 0 aliphatic heterocycles. The van der Waals surface area contributed by atoms with Crippen LogP contribution in [-0.2, 0) is 7.05 Å². The molecule has 82 valence electrons. The molecule has 0 aliphatic rings. The quantitative estimate of drug-likeness (QED) is 0.745. The number of hydrogen-bond acceptors (Lipinski definition) is 2. The number of nitrogens with one attached hydrogen (secondary N) is 1. The average Bonchev–Trinajstić information content (AvgIpc) is 2.66. The van der Waals surface area contributed by atoms with Crippen LogP contribution in [0.5, 0.6) is 0 Å². The van der Waals surface area contributed by atoms with Crippen LogP contribution in [0.2, 0.25) is 0 Å². The number of aliphatic hydroxyl groups excluding tert-OH is 1. The van der Waals surface area contributed by atoms with Crippen LogP contribution in [0.15, 0.2) is 30.5 Å². The van der Waals surface area contributed by atoms with Crippen molar-refractivity contribution >= 4 is 16.6 Å². The number of nitrogens with zero attached hydrogens (tertiary/aromatic N) is 1. The number of hydrogen-bond donors (Lipinski definition) is 2. The van der Waals surface area contributed by atoms with Gasteiger partial charge in [-0.3, -0.25) is 0 Å². The zero-order chi connectivity index (χ0) is 11.4. The second-order valence-electron chi connectivity index (χ2n) is 3.57. The second kappa shape index (κ2) is 4.73. The molecular formula is C13H14N2O. The van der Waals surface area contributed by atoms with Crippen molar-refractivity contribution < 1.29 is 5.11 Å². The molecule has 2 N–H and O–H groups in total. The maximum Gasteiger partial charge on any atom is 0.104 e. The van der Waals surface area contributed by atoms with Gasteiger partial charge in [0.1, 0.15) is 6.61 Å². The van der Waals surface area contributed by atoms with E-state index in [0.29, 0.717) is 6.54 Å². The molecule has 3 heteroatoms. The van der Waals surface area contributed by atoms with Crippen LogP contribution in [0.1, 0.15) is 0 Å². The molecule has 1 aromatic heterocycles. The summed E-state index contributed by atoms with van der Waals surface area (Å²) < 4.78 is 2.09. The third kappa shape index (κ3) is 2.18. The van der Waals surface area contributed by atoms with Crippen molar-refractivity contribution in [2.24, 2.45) is 7.05 Å². The standard InChI is InChI=1S/C13H14N2O/c1-15-8-6-11-10-12(4-5-13(11)15)14-7-2-3-9-16/h4-6,8,10,14,16H,7,9H2,1H3. The Morgan fingerprint density at radius 1 is 1.31 bits per heavy atom. The fraction of sp³-hybridized carbons (Fsp3) is 0.231. The van der Waals surface area contributed by atoms with Gasteiger partial charge in [0.25, 0.3) is 0 Å². The lowest BCUT2D eigenvalue weighted by atomic mass is 10.2. The Morgan fingerprint density at radius 2 is 2.19 bits per heavy atom. The molecule has 0 fully saturated rings. The van der Waals surface area contributed by atoms with Gasteiger partial charge >= 0.3 is 0 Å². The molecule has 0 amide bonds. The molecule has 0 unspecified atom stereocenters. The van der Waals surface area contributed by atoms with Crippen LogP contribution in [0.25, 0.3) is 10.9 Å². The van der Waals surface area contributed by atoms with Gasteiger partial charge in [-0.2, -0.15) is 0 Å². The maximum absolute atomic E-state index is 8.50. The van der Waals surface area contributed by atoms with Crippen molar-refractivity contribution in [3.05, 3.63) is 30.5 Å². The van der Waals surface area contributed by atoms with Gasteiger partial charge in [-0.25, -0.2) is 0 Å². The number of rotatable bonds is 2. The van der Waals surface area contributed by atoms with Crippen molar-refractivity contribution in [3.8, 4) is 11.8 Å². The van der Waals surface area contributed by atoms with Crippen molar-refractivity contribution in [1.29, 1.82) is 0 Å². The van der Waals surface area contributed by atoms with Gasteiger partial charge < -0.3 is 15.0 Å². The van der Waals surface area contributed by atoms with Crippen molar-refractivity contribution in [3.63, 3.8) is 0 Å². The molecule has 0 aliphatic carbocycles. The normalized spacial score (nSPS) is 9.88. The minimum atomic E-state index is -0.0839. The lowest BCUT2D eigenvalue weighted by Gasteiger charge is -2.03. The minimum Gasteiger partial charge on any atom is -0.384 e. The van der Waals surface area contributed by atoms with Gasteiger partial charge in [-0.1, -0.05) is 11.8 Å². The smallest absolute Gasteiger partial charge is 0.104 e. The Bertz CT molecular complexity index is 546. The number of benzene rings is 1. The molecule has 0 atom stereocenters. The van der Waals surface area contributed by atoms with Crippen LogP contribution < -0.4 is 5.32 Å². The summed E-state index contributed by atoms with van der Waals surface area (Å²) in [5, 5.41) is 12.9. The number of anilines is 1. The first kappa shape index (κ1) is 10.6. The summed E-state index contributed by atoms with van der Waals surface area (Å²) in [6, 6.07) is 8.29. The Hall–Kier alpha value is -1.92. The van der Waals surface area contributed by atoms with E-state index in [1.165, 1.54) is 10.9 Å². The molecule has 2 rings (SSSR count). The first-order chi connectivity index (χ1) is 7.81. The van der Waals surface area contributed by atoms with E-state index in [2.05, 4.69) is 39.9 Å². The second-order valence-corrected chi connectivity index (χ2v) is 3.57. The Labute approximate surface area is 94.7 Å². The number of fused-ring (bicyclic) bond motifs is 1. The van der Waals surface area contributed by atoms with Crippen LogP contribution >= 0.6 is 0 Å². The van der Waals surface area contributed by atoms with E-state index in [1.807, 2.05) is 19.3 Å². The Balaban J connectivity index is 2.14. The third-order valence-corrected chi connectivity index (χ3v) is 2.47. The molecule has 0 saturated carbocycles. The molecule has 16 heavy (non-hydrogen) atoms. The molecule has 0 radical (unpaired) electrons. The average molecular weight is 214 g/mol. The molecule has 0 spiro atoms. The minimum absolute atomic E-state index is 0.0839. The van der Waals surface area contributed by atoms with E-state index in [0.717, 1.165) is 5.69 Å². The monoisotopic (exact) mass is 214 g/mol. The summed E-state index contributed by atoms with van der Waals surface area (Å²) in [6.45, 7) is 0.471. The van der Waals surface area contributed by atoms with Crippen molar-refractivity contribution in [1.82, 2.24) is 4.57 Å². The van der Waals surface area contributed by atoms with Crippen molar-refractivity contribution in [2.75, 3.05) is 18.5 Å². The predicted molar refractivity (Wildman–Crippen MR) is 66.3 cm³/mol. The Morgan fingerprint density at radius 3 is 3.00 bits per heavy atom. The van der Waals surface area contributed by atoms with Gasteiger partial charge in [0, 0.05) is 29.8 Å². The van der Waals surface area contributed by atoms with Gasteiger partial charge in [0.05, 0.1) is 6.54 Å². The van der Waals surface area contributed by atoms with Gasteiger partial charge in [0.2, 0.25) is 0 Å². The largest absolute Gasteiger partial charge is 0.384 e. The lowest BCUT2D eigenvalue weighted by Crippen LogP contribution is -1.98. The Kier molecular flexibility index (Phi) is 3.13. The number of aliphatic hydroxyl groups is 1. The predicted octanol–water partition coefficient (Wildman–Crippen LogP) is 1.59. The number of aromatic nitrogens is 1. The summed E-state index contributed by atoms with van der Waals surface area (Å²) in [5.41, 5.74) is 2.26. The highest BCUT2D eigenvalue weighted by atomic mass is 16.2. The zero-order valence-corrected chi connectivity index (χ0v) is 9.20. The van der Waals surface area contributed by atoms with Crippen molar-refractivity contribution in [2.45, 2.75) is 0 Å². The van der Waals surface area contributed by atoms with Crippen LogP contribution in [0.3, 0.4) is 0 Å². The van der Waals surface area contributed by atoms with E-state index in [4.69, 9.17) is 5.11 Å².